The van der Waals surface area contributed by atoms with E-state index in [0.29, 0.717) is 11.3 Å². The molecule has 0 atom stereocenters. The molecule has 0 aliphatic carbocycles. The van der Waals surface area contributed by atoms with Gasteiger partial charge in [0, 0.05) is 19.7 Å². The quantitative estimate of drug-likeness (QED) is 0.457. The maximum Gasteiger partial charge on any atom is 0.179 e. The number of aldehydes is 1. The fraction of sp³-hybridized carbons (Fsp3) is 0.217. The van der Waals surface area contributed by atoms with Gasteiger partial charge in [-0.2, -0.15) is 10.2 Å². The van der Waals surface area contributed by atoms with Crippen molar-refractivity contribution in [2.75, 3.05) is 19.0 Å². The Morgan fingerprint density at radius 3 is 2.53 bits per heavy atom. The third-order valence-electron chi connectivity index (χ3n) is 5.07. The van der Waals surface area contributed by atoms with Crippen LogP contribution in [0.1, 0.15) is 27.3 Å². The van der Waals surface area contributed by atoms with E-state index in [9.17, 15) is 4.79 Å². The first kappa shape index (κ1) is 19.6. The van der Waals surface area contributed by atoms with Crippen molar-refractivity contribution in [1.29, 1.82) is 0 Å². The third kappa shape index (κ3) is 3.39. The number of anilines is 1. The number of rotatable bonds is 6. The summed E-state index contributed by atoms with van der Waals surface area (Å²) in [5.41, 5.74) is 4.87. The molecular weight excluding hydrogens is 378 g/mol. The normalized spacial score (nSPS) is 10.9. The monoisotopic (exact) mass is 401 g/mol. The average molecular weight is 401 g/mol. The standard InChI is InChI=1S/C23H23N5O2/c1-15-21-16(2)28(26-22(21)23(25-24-15)27(3)4)19-11-7-8-12-20(19)30-14-18-10-6-5-9-17(18)13-29/h5-13H,14H2,1-4H3. The van der Waals surface area contributed by atoms with Crippen LogP contribution in [-0.2, 0) is 6.61 Å². The fourth-order valence-corrected chi connectivity index (χ4v) is 3.54. The van der Waals surface area contributed by atoms with E-state index in [4.69, 9.17) is 9.84 Å². The van der Waals surface area contributed by atoms with Crippen LogP contribution in [0, 0.1) is 13.8 Å². The van der Waals surface area contributed by atoms with Gasteiger partial charge in [-0.15, -0.1) is 5.10 Å². The molecule has 0 spiro atoms. The van der Waals surface area contributed by atoms with Crippen LogP contribution in [0.2, 0.25) is 0 Å². The summed E-state index contributed by atoms with van der Waals surface area (Å²) in [5, 5.41) is 14.4. The first-order valence-corrected chi connectivity index (χ1v) is 9.66. The molecule has 0 saturated heterocycles. The fourth-order valence-electron chi connectivity index (χ4n) is 3.54. The minimum absolute atomic E-state index is 0.289. The van der Waals surface area contributed by atoms with E-state index in [-0.39, 0.29) is 6.61 Å². The van der Waals surface area contributed by atoms with Crippen molar-refractivity contribution in [2.45, 2.75) is 20.5 Å². The highest BCUT2D eigenvalue weighted by atomic mass is 16.5. The second kappa shape index (κ2) is 7.94. The van der Waals surface area contributed by atoms with Crippen LogP contribution in [0.3, 0.4) is 0 Å². The number of hydrogen-bond donors (Lipinski definition) is 0. The van der Waals surface area contributed by atoms with E-state index >= 15 is 0 Å². The predicted molar refractivity (Wildman–Crippen MR) is 117 cm³/mol. The number of hydrogen-bond acceptors (Lipinski definition) is 6. The average Bonchev–Trinajstić information content (AvgIpc) is 3.10. The smallest absolute Gasteiger partial charge is 0.179 e. The van der Waals surface area contributed by atoms with Crippen LogP contribution in [0.5, 0.6) is 5.75 Å². The number of aryl methyl sites for hydroxylation is 2. The Labute approximate surface area is 174 Å². The molecule has 0 amide bonds. The lowest BCUT2D eigenvalue weighted by molar-refractivity contribution is 0.112. The van der Waals surface area contributed by atoms with E-state index in [2.05, 4.69) is 10.2 Å². The van der Waals surface area contributed by atoms with E-state index < -0.39 is 0 Å². The number of ether oxygens (including phenoxy) is 1. The number of nitrogens with zero attached hydrogens (tertiary/aromatic N) is 5. The van der Waals surface area contributed by atoms with Crippen molar-refractivity contribution in [3.8, 4) is 11.4 Å². The topological polar surface area (TPSA) is 73.1 Å². The lowest BCUT2D eigenvalue weighted by atomic mass is 10.1. The summed E-state index contributed by atoms with van der Waals surface area (Å²) < 4.78 is 7.99. The maximum atomic E-state index is 11.3. The van der Waals surface area contributed by atoms with Crippen molar-refractivity contribution in [3.05, 3.63) is 71.0 Å². The Morgan fingerprint density at radius 2 is 1.77 bits per heavy atom. The highest BCUT2D eigenvalue weighted by Crippen LogP contribution is 2.31. The van der Waals surface area contributed by atoms with Gasteiger partial charge in [0.25, 0.3) is 0 Å². The van der Waals surface area contributed by atoms with Gasteiger partial charge in [-0.25, -0.2) is 4.68 Å². The summed E-state index contributed by atoms with van der Waals surface area (Å²) in [6.45, 7) is 4.24. The van der Waals surface area contributed by atoms with E-state index in [1.807, 2.05) is 80.0 Å². The predicted octanol–water partition coefficient (Wildman–Crippen LogP) is 3.89. The zero-order valence-corrected chi connectivity index (χ0v) is 17.5. The third-order valence-corrected chi connectivity index (χ3v) is 5.07. The van der Waals surface area contributed by atoms with E-state index in [1.54, 1.807) is 6.07 Å². The van der Waals surface area contributed by atoms with Gasteiger partial charge < -0.3 is 9.64 Å². The van der Waals surface area contributed by atoms with Gasteiger partial charge in [0.1, 0.15) is 29.8 Å². The minimum Gasteiger partial charge on any atom is -0.487 e. The molecule has 2 aromatic carbocycles. The Bertz CT molecular complexity index is 1230. The van der Waals surface area contributed by atoms with Gasteiger partial charge in [0.15, 0.2) is 5.82 Å². The summed E-state index contributed by atoms with van der Waals surface area (Å²) in [6, 6.07) is 15.1. The van der Waals surface area contributed by atoms with Gasteiger partial charge >= 0.3 is 0 Å². The number of carbonyl (C=O) groups excluding carboxylic acids is 1. The molecule has 2 aromatic heterocycles. The van der Waals surface area contributed by atoms with Crippen LogP contribution in [-0.4, -0.2) is 40.4 Å². The van der Waals surface area contributed by atoms with Gasteiger partial charge in [-0.1, -0.05) is 36.4 Å². The molecule has 7 nitrogen and oxygen atoms in total. The highest BCUT2D eigenvalue weighted by Gasteiger charge is 2.19. The van der Waals surface area contributed by atoms with E-state index in [1.165, 1.54) is 0 Å². The van der Waals surface area contributed by atoms with Gasteiger partial charge in [0.2, 0.25) is 0 Å². The molecule has 0 unspecified atom stereocenters. The van der Waals surface area contributed by atoms with Crippen molar-refractivity contribution in [1.82, 2.24) is 20.0 Å². The molecular formula is C23H23N5O2. The maximum absolute atomic E-state index is 11.3. The zero-order chi connectivity index (χ0) is 21.3. The SMILES string of the molecule is Cc1nnc(N(C)C)c2nn(-c3ccccc3OCc3ccccc3C=O)c(C)c12. The molecule has 7 heteroatoms. The molecule has 0 bridgehead atoms. The van der Waals surface area contributed by atoms with Crippen LogP contribution in [0.25, 0.3) is 16.6 Å². The summed E-state index contributed by atoms with van der Waals surface area (Å²) in [7, 11) is 3.85. The van der Waals surface area contributed by atoms with Crippen molar-refractivity contribution in [2.24, 2.45) is 0 Å². The number of aromatic nitrogens is 4. The van der Waals surface area contributed by atoms with Crippen LogP contribution < -0.4 is 9.64 Å². The van der Waals surface area contributed by atoms with Crippen LogP contribution in [0.15, 0.2) is 48.5 Å². The Balaban J connectivity index is 1.78. The molecule has 0 aliphatic rings. The lowest BCUT2D eigenvalue weighted by Gasteiger charge is -2.13. The zero-order valence-electron chi connectivity index (χ0n) is 17.5. The lowest BCUT2D eigenvalue weighted by Crippen LogP contribution is -2.12. The van der Waals surface area contributed by atoms with Crippen molar-refractivity contribution < 1.29 is 9.53 Å². The summed E-state index contributed by atoms with van der Waals surface area (Å²) in [6.07, 6.45) is 0.848. The Hall–Kier alpha value is -3.74. The van der Waals surface area contributed by atoms with Crippen molar-refractivity contribution >= 4 is 23.0 Å². The number of benzene rings is 2. The van der Waals surface area contributed by atoms with Crippen LogP contribution >= 0.6 is 0 Å². The van der Waals surface area contributed by atoms with E-state index in [0.717, 1.165) is 45.6 Å². The van der Waals surface area contributed by atoms with Crippen molar-refractivity contribution in [3.63, 3.8) is 0 Å². The summed E-state index contributed by atoms with van der Waals surface area (Å²) in [4.78, 5) is 13.2. The molecule has 0 aliphatic heterocycles. The molecule has 0 saturated carbocycles. The summed E-state index contributed by atoms with van der Waals surface area (Å²) >= 11 is 0. The second-order valence-electron chi connectivity index (χ2n) is 7.30. The molecule has 152 valence electrons. The minimum atomic E-state index is 0.289. The molecule has 0 radical (unpaired) electrons. The number of fused-ring (bicyclic) bond motifs is 1. The Kier molecular flexibility index (Phi) is 5.18. The second-order valence-corrected chi connectivity index (χ2v) is 7.30. The first-order chi connectivity index (χ1) is 14.5. The van der Waals surface area contributed by atoms with Gasteiger partial charge in [-0.3, -0.25) is 4.79 Å². The van der Waals surface area contributed by atoms with Gasteiger partial charge in [0.05, 0.1) is 16.8 Å². The highest BCUT2D eigenvalue weighted by molar-refractivity contribution is 5.92. The molecule has 4 rings (SSSR count). The molecule has 0 N–H and O–H groups in total. The molecule has 30 heavy (non-hydrogen) atoms. The number of carbonyl (C=O) groups is 1. The largest absolute Gasteiger partial charge is 0.487 e. The number of para-hydroxylation sites is 2. The Morgan fingerprint density at radius 1 is 1.03 bits per heavy atom. The molecule has 0 fully saturated rings. The summed E-state index contributed by atoms with van der Waals surface area (Å²) in [5.74, 6) is 1.40. The van der Waals surface area contributed by atoms with Gasteiger partial charge in [-0.05, 0) is 31.5 Å². The first-order valence-electron chi connectivity index (χ1n) is 9.66. The molecule has 4 aromatic rings. The van der Waals surface area contributed by atoms with Crippen LogP contribution in [0.4, 0.5) is 5.82 Å². The molecule has 2 heterocycles.